The van der Waals surface area contributed by atoms with Gasteiger partial charge in [-0.25, -0.2) is 0 Å². The highest BCUT2D eigenvalue weighted by atomic mass is 79.9. The summed E-state index contributed by atoms with van der Waals surface area (Å²) in [6.45, 7) is 10.3. The van der Waals surface area contributed by atoms with E-state index in [2.05, 4.69) is 73.8 Å². The van der Waals surface area contributed by atoms with Crippen LogP contribution in [0.3, 0.4) is 0 Å². The number of ether oxygens (including phenoxy) is 1. The van der Waals surface area contributed by atoms with Gasteiger partial charge in [-0.05, 0) is 46.4 Å². The lowest BCUT2D eigenvalue weighted by atomic mass is 9.83. The summed E-state index contributed by atoms with van der Waals surface area (Å²) in [7, 11) is 2.15. The fourth-order valence-electron chi connectivity index (χ4n) is 3.39. The van der Waals surface area contributed by atoms with Gasteiger partial charge in [0.15, 0.2) is 0 Å². The Morgan fingerprint density at radius 1 is 1.19 bits per heavy atom. The molecule has 2 N–H and O–H groups in total. The van der Waals surface area contributed by atoms with Gasteiger partial charge in [-0.1, -0.05) is 34.1 Å². The third kappa shape index (κ3) is 3.67. The van der Waals surface area contributed by atoms with E-state index in [1.165, 1.54) is 5.56 Å². The number of nitrogens with zero attached hydrogens (tertiary/aromatic N) is 1. The fourth-order valence-corrected chi connectivity index (χ4v) is 3.80. The van der Waals surface area contributed by atoms with Gasteiger partial charge in [0.05, 0.1) is 11.2 Å². The largest absolute Gasteiger partial charge is 0.368 e. The van der Waals surface area contributed by atoms with Crippen molar-refractivity contribution < 1.29 is 4.74 Å². The molecule has 1 aromatic carbocycles. The second kappa shape index (κ2) is 5.99. The summed E-state index contributed by atoms with van der Waals surface area (Å²) in [6, 6.07) is 8.40. The third-order valence-corrected chi connectivity index (χ3v) is 5.34. The lowest BCUT2D eigenvalue weighted by molar-refractivity contribution is -0.0782. The first-order chi connectivity index (χ1) is 9.63. The maximum atomic E-state index is 6.44. The number of benzene rings is 1. The summed E-state index contributed by atoms with van der Waals surface area (Å²) >= 11 is 3.61. The summed E-state index contributed by atoms with van der Waals surface area (Å²) in [5, 5.41) is 0. The summed E-state index contributed by atoms with van der Waals surface area (Å²) in [6.07, 6.45) is 0. The molecule has 0 aliphatic carbocycles. The first kappa shape index (κ1) is 16.9. The Kier molecular flexibility index (Phi) is 4.84. The molecule has 0 radical (unpaired) electrons. The molecular formula is C17H27BrN2O. The molecule has 1 saturated heterocycles. The quantitative estimate of drug-likeness (QED) is 0.900. The molecular weight excluding hydrogens is 328 g/mol. The Hall–Kier alpha value is -0.420. The minimum atomic E-state index is -0.262. The van der Waals surface area contributed by atoms with Gasteiger partial charge in [0.2, 0.25) is 0 Å². The monoisotopic (exact) mass is 354 g/mol. The molecule has 2 rings (SSSR count). The van der Waals surface area contributed by atoms with Crippen molar-refractivity contribution in [3.63, 3.8) is 0 Å². The minimum Gasteiger partial charge on any atom is -0.368 e. The first-order valence-corrected chi connectivity index (χ1v) is 8.30. The van der Waals surface area contributed by atoms with Crippen LogP contribution in [-0.4, -0.2) is 35.7 Å². The molecule has 0 amide bonds. The van der Waals surface area contributed by atoms with E-state index in [1.54, 1.807) is 0 Å². The molecule has 21 heavy (non-hydrogen) atoms. The lowest BCUT2D eigenvalue weighted by Gasteiger charge is -2.31. The van der Waals surface area contributed by atoms with Gasteiger partial charge in [-0.15, -0.1) is 0 Å². The summed E-state index contributed by atoms with van der Waals surface area (Å²) in [5.41, 5.74) is 7.29. The van der Waals surface area contributed by atoms with E-state index in [0.717, 1.165) is 17.6 Å². The zero-order valence-electron chi connectivity index (χ0n) is 13.7. The molecule has 1 aromatic rings. The van der Waals surface area contributed by atoms with E-state index in [0.29, 0.717) is 5.92 Å². The average molecular weight is 355 g/mol. The van der Waals surface area contributed by atoms with E-state index in [4.69, 9.17) is 10.5 Å². The number of nitrogens with two attached hydrogens (primary N) is 1. The summed E-state index contributed by atoms with van der Waals surface area (Å²) < 4.78 is 7.33. The fraction of sp³-hybridized carbons (Fsp3) is 0.647. The van der Waals surface area contributed by atoms with Gasteiger partial charge in [0.25, 0.3) is 0 Å². The van der Waals surface area contributed by atoms with Gasteiger partial charge in [0.1, 0.15) is 0 Å². The van der Waals surface area contributed by atoms with Crippen LogP contribution in [0.1, 0.15) is 33.3 Å². The Morgan fingerprint density at radius 3 is 2.33 bits per heavy atom. The first-order valence-electron chi connectivity index (χ1n) is 7.51. The maximum absolute atomic E-state index is 6.44. The molecule has 4 heteroatoms. The maximum Gasteiger partial charge on any atom is 0.0788 e. The smallest absolute Gasteiger partial charge is 0.0788 e. The van der Waals surface area contributed by atoms with Gasteiger partial charge in [-0.3, -0.25) is 0 Å². The zero-order valence-corrected chi connectivity index (χ0v) is 15.3. The van der Waals surface area contributed by atoms with Gasteiger partial charge in [-0.2, -0.15) is 0 Å². The van der Waals surface area contributed by atoms with E-state index < -0.39 is 0 Å². The molecule has 1 aliphatic rings. The van der Waals surface area contributed by atoms with E-state index in [9.17, 15) is 0 Å². The van der Waals surface area contributed by atoms with Crippen molar-refractivity contribution in [2.75, 3.05) is 13.6 Å². The summed E-state index contributed by atoms with van der Waals surface area (Å²) in [4.78, 5) is 2.33. The second-order valence-corrected chi connectivity index (χ2v) is 8.08. The molecule has 0 bridgehead atoms. The normalized spacial score (nSPS) is 27.2. The molecule has 0 spiro atoms. The Morgan fingerprint density at radius 2 is 1.81 bits per heavy atom. The van der Waals surface area contributed by atoms with Crippen molar-refractivity contribution in [2.45, 2.75) is 51.5 Å². The van der Waals surface area contributed by atoms with Crippen LogP contribution >= 0.6 is 15.9 Å². The third-order valence-electron chi connectivity index (χ3n) is 4.56. The van der Waals surface area contributed by atoms with E-state index in [-0.39, 0.29) is 17.2 Å². The van der Waals surface area contributed by atoms with Crippen molar-refractivity contribution >= 4 is 15.9 Å². The number of hydrogen-bond donors (Lipinski definition) is 1. The van der Waals surface area contributed by atoms with Crippen molar-refractivity contribution in [2.24, 2.45) is 11.7 Å². The molecule has 1 fully saturated rings. The van der Waals surface area contributed by atoms with Crippen molar-refractivity contribution in [1.29, 1.82) is 0 Å². The SMILES string of the molecule is CN(Cc1ccccc1Br)CC1C(N)C(C)(C)OC1(C)C. The average Bonchev–Trinajstić information content (AvgIpc) is 2.50. The van der Waals surface area contributed by atoms with Crippen LogP contribution in [0.15, 0.2) is 28.7 Å². The highest BCUT2D eigenvalue weighted by molar-refractivity contribution is 9.10. The van der Waals surface area contributed by atoms with Crippen molar-refractivity contribution in [1.82, 2.24) is 4.90 Å². The minimum absolute atomic E-state index is 0.0502. The van der Waals surface area contributed by atoms with Crippen LogP contribution < -0.4 is 5.73 Å². The van der Waals surface area contributed by atoms with Gasteiger partial charge >= 0.3 is 0 Å². The Bertz CT molecular complexity index is 501. The van der Waals surface area contributed by atoms with E-state index in [1.807, 2.05) is 6.07 Å². The molecule has 1 heterocycles. The molecule has 1 aliphatic heterocycles. The lowest BCUT2D eigenvalue weighted by Crippen LogP contribution is -2.47. The van der Waals surface area contributed by atoms with Crippen LogP contribution in [-0.2, 0) is 11.3 Å². The van der Waals surface area contributed by atoms with Crippen LogP contribution in [0.25, 0.3) is 0 Å². The predicted molar refractivity (Wildman–Crippen MR) is 91.2 cm³/mol. The van der Waals surface area contributed by atoms with Crippen LogP contribution in [0.2, 0.25) is 0 Å². The van der Waals surface area contributed by atoms with Gasteiger partial charge in [0, 0.05) is 29.5 Å². The number of halogens is 1. The van der Waals surface area contributed by atoms with Crippen molar-refractivity contribution in [3.05, 3.63) is 34.3 Å². The number of hydrogen-bond acceptors (Lipinski definition) is 3. The molecule has 118 valence electrons. The van der Waals surface area contributed by atoms with E-state index >= 15 is 0 Å². The number of rotatable bonds is 4. The molecule has 2 atom stereocenters. The van der Waals surface area contributed by atoms with Crippen LogP contribution in [0.4, 0.5) is 0 Å². The highest BCUT2D eigenvalue weighted by Crippen LogP contribution is 2.41. The van der Waals surface area contributed by atoms with Gasteiger partial charge < -0.3 is 15.4 Å². The standard InChI is InChI=1S/C17H27BrN2O/c1-16(2)13(15(19)17(3,4)21-16)11-20(5)10-12-8-6-7-9-14(12)18/h6-9,13,15H,10-11,19H2,1-5H3. The Labute approximate surface area is 137 Å². The second-order valence-electron chi connectivity index (χ2n) is 7.23. The van der Waals surface area contributed by atoms with Crippen LogP contribution in [0, 0.1) is 5.92 Å². The zero-order chi connectivity index (χ0) is 15.8. The Balaban J connectivity index is 2.06. The molecule has 2 unspecified atom stereocenters. The molecule has 0 aromatic heterocycles. The topological polar surface area (TPSA) is 38.5 Å². The highest BCUT2D eigenvalue weighted by Gasteiger charge is 2.52. The predicted octanol–water partition coefficient (Wildman–Crippen LogP) is 3.41. The summed E-state index contributed by atoms with van der Waals surface area (Å²) in [5.74, 6) is 0.319. The van der Waals surface area contributed by atoms with Crippen LogP contribution in [0.5, 0.6) is 0 Å². The van der Waals surface area contributed by atoms with Crippen molar-refractivity contribution in [3.8, 4) is 0 Å². The molecule has 3 nitrogen and oxygen atoms in total. The molecule has 0 saturated carbocycles.